The molecule has 1 atom stereocenters. The van der Waals surface area contributed by atoms with E-state index in [0.717, 1.165) is 19.0 Å². The minimum absolute atomic E-state index is 0.243. The Hall–Kier alpha value is -0.0800. The molecule has 0 fully saturated rings. The van der Waals surface area contributed by atoms with Crippen LogP contribution in [0.4, 0.5) is 0 Å². The molecule has 0 aliphatic carbocycles. The highest BCUT2D eigenvalue weighted by molar-refractivity contribution is 4.92. The van der Waals surface area contributed by atoms with Crippen LogP contribution >= 0.6 is 0 Å². The van der Waals surface area contributed by atoms with Crippen molar-refractivity contribution in [1.29, 1.82) is 0 Å². The lowest BCUT2D eigenvalue weighted by Crippen LogP contribution is -2.57. The molecule has 0 aromatic carbocycles. The zero-order chi connectivity index (χ0) is 12.8. The number of hydrogen-bond donors (Lipinski definition) is 1. The molecule has 0 amide bonds. The molecule has 16 heavy (non-hydrogen) atoms. The van der Waals surface area contributed by atoms with E-state index < -0.39 is 0 Å². The second-order valence-electron chi connectivity index (χ2n) is 5.64. The standard InChI is InChI=1S/C14H32N2/c1-8-16(9-2)14(5,6)13(15-7)11-10-12(3)4/h12-13,15H,8-11H2,1-7H3. The third-order valence-electron chi connectivity index (χ3n) is 3.81. The number of likely N-dealkylation sites (N-methyl/N-ethyl adjacent to an activating group) is 2. The van der Waals surface area contributed by atoms with E-state index >= 15 is 0 Å². The summed E-state index contributed by atoms with van der Waals surface area (Å²) in [5.41, 5.74) is 0.243. The van der Waals surface area contributed by atoms with Gasteiger partial charge in [0.2, 0.25) is 0 Å². The Morgan fingerprint density at radius 2 is 1.56 bits per heavy atom. The second-order valence-corrected chi connectivity index (χ2v) is 5.64. The third kappa shape index (κ3) is 4.42. The zero-order valence-corrected chi connectivity index (χ0v) is 12.4. The molecule has 0 spiro atoms. The van der Waals surface area contributed by atoms with Gasteiger partial charge in [-0.3, -0.25) is 4.90 Å². The summed E-state index contributed by atoms with van der Waals surface area (Å²) in [6.07, 6.45) is 2.56. The van der Waals surface area contributed by atoms with E-state index in [9.17, 15) is 0 Å². The average molecular weight is 228 g/mol. The van der Waals surface area contributed by atoms with Crippen LogP contribution in [0.2, 0.25) is 0 Å². The van der Waals surface area contributed by atoms with Crippen molar-refractivity contribution in [2.24, 2.45) is 5.92 Å². The first-order valence-electron chi connectivity index (χ1n) is 6.82. The molecule has 98 valence electrons. The Bertz CT molecular complexity index is 172. The molecule has 0 aromatic rings. The highest BCUT2D eigenvalue weighted by atomic mass is 15.2. The van der Waals surface area contributed by atoms with E-state index in [0.29, 0.717) is 6.04 Å². The van der Waals surface area contributed by atoms with Gasteiger partial charge in [-0.15, -0.1) is 0 Å². The molecule has 1 unspecified atom stereocenters. The van der Waals surface area contributed by atoms with E-state index in [4.69, 9.17) is 0 Å². The lowest BCUT2D eigenvalue weighted by molar-refractivity contribution is 0.0884. The fourth-order valence-electron chi connectivity index (χ4n) is 2.61. The quantitative estimate of drug-likeness (QED) is 0.686. The predicted octanol–water partition coefficient (Wildman–Crippen LogP) is 3.13. The van der Waals surface area contributed by atoms with Crippen LogP contribution in [0.5, 0.6) is 0 Å². The van der Waals surface area contributed by atoms with Gasteiger partial charge in [-0.05, 0) is 52.7 Å². The van der Waals surface area contributed by atoms with Crippen molar-refractivity contribution in [3.05, 3.63) is 0 Å². The van der Waals surface area contributed by atoms with Crippen molar-refractivity contribution in [3.8, 4) is 0 Å². The Labute approximate surface area is 103 Å². The van der Waals surface area contributed by atoms with E-state index in [-0.39, 0.29) is 5.54 Å². The molecule has 0 aliphatic rings. The minimum Gasteiger partial charge on any atom is -0.315 e. The Kier molecular flexibility index (Phi) is 7.25. The molecule has 0 saturated carbocycles. The molecule has 0 saturated heterocycles. The van der Waals surface area contributed by atoms with Gasteiger partial charge in [-0.25, -0.2) is 0 Å². The fraction of sp³-hybridized carbons (Fsp3) is 1.00. The molecule has 0 aromatic heterocycles. The highest BCUT2D eigenvalue weighted by Gasteiger charge is 2.32. The molecule has 0 aliphatic heterocycles. The number of nitrogens with one attached hydrogen (secondary N) is 1. The van der Waals surface area contributed by atoms with Crippen molar-refractivity contribution in [2.75, 3.05) is 20.1 Å². The van der Waals surface area contributed by atoms with Gasteiger partial charge in [0.15, 0.2) is 0 Å². The van der Waals surface area contributed by atoms with Gasteiger partial charge >= 0.3 is 0 Å². The van der Waals surface area contributed by atoms with Gasteiger partial charge in [-0.1, -0.05) is 27.7 Å². The summed E-state index contributed by atoms with van der Waals surface area (Å²) in [6.45, 7) is 16.1. The number of rotatable bonds is 8. The van der Waals surface area contributed by atoms with Gasteiger partial charge in [0.25, 0.3) is 0 Å². The summed E-state index contributed by atoms with van der Waals surface area (Å²) in [6, 6.07) is 0.579. The maximum atomic E-state index is 3.51. The zero-order valence-electron chi connectivity index (χ0n) is 12.4. The molecule has 2 heteroatoms. The van der Waals surface area contributed by atoms with Crippen molar-refractivity contribution in [2.45, 2.75) is 66.0 Å². The highest BCUT2D eigenvalue weighted by Crippen LogP contribution is 2.23. The van der Waals surface area contributed by atoms with Crippen LogP contribution in [0.3, 0.4) is 0 Å². The fourth-order valence-corrected chi connectivity index (χ4v) is 2.61. The number of nitrogens with zero attached hydrogens (tertiary/aromatic N) is 1. The van der Waals surface area contributed by atoms with Crippen molar-refractivity contribution in [1.82, 2.24) is 10.2 Å². The predicted molar refractivity (Wildman–Crippen MR) is 73.9 cm³/mol. The van der Waals surface area contributed by atoms with Gasteiger partial charge < -0.3 is 5.32 Å². The van der Waals surface area contributed by atoms with Crippen molar-refractivity contribution < 1.29 is 0 Å². The molecule has 0 bridgehead atoms. The summed E-state index contributed by atoms with van der Waals surface area (Å²) in [5, 5.41) is 3.51. The summed E-state index contributed by atoms with van der Waals surface area (Å²) < 4.78 is 0. The number of hydrogen-bond acceptors (Lipinski definition) is 2. The van der Waals surface area contributed by atoms with Gasteiger partial charge in [0.05, 0.1) is 0 Å². The second kappa shape index (κ2) is 7.29. The van der Waals surface area contributed by atoms with E-state index in [1.807, 2.05) is 0 Å². The first-order valence-corrected chi connectivity index (χ1v) is 6.82. The molecule has 0 rings (SSSR count). The topological polar surface area (TPSA) is 15.3 Å². The van der Waals surface area contributed by atoms with Gasteiger partial charge in [-0.2, -0.15) is 0 Å². The van der Waals surface area contributed by atoms with Gasteiger partial charge in [0, 0.05) is 11.6 Å². The molecule has 2 nitrogen and oxygen atoms in total. The van der Waals surface area contributed by atoms with Crippen LogP contribution in [-0.4, -0.2) is 36.6 Å². The third-order valence-corrected chi connectivity index (χ3v) is 3.81. The normalized spacial score (nSPS) is 14.8. The lowest BCUT2D eigenvalue weighted by atomic mass is 9.87. The van der Waals surface area contributed by atoms with Crippen LogP contribution in [0.25, 0.3) is 0 Å². The minimum atomic E-state index is 0.243. The van der Waals surface area contributed by atoms with E-state index in [2.05, 4.69) is 58.8 Å². The smallest absolute Gasteiger partial charge is 0.0305 e. The first kappa shape index (κ1) is 15.9. The summed E-state index contributed by atoms with van der Waals surface area (Å²) >= 11 is 0. The van der Waals surface area contributed by atoms with Crippen LogP contribution < -0.4 is 5.32 Å². The summed E-state index contributed by atoms with van der Waals surface area (Å²) in [4.78, 5) is 2.55. The summed E-state index contributed by atoms with van der Waals surface area (Å²) in [7, 11) is 2.09. The average Bonchev–Trinajstić information content (AvgIpc) is 2.19. The SMILES string of the molecule is CCN(CC)C(C)(C)C(CCC(C)C)NC. The van der Waals surface area contributed by atoms with E-state index in [1.165, 1.54) is 12.8 Å². The Morgan fingerprint density at radius 1 is 1.06 bits per heavy atom. The summed E-state index contributed by atoms with van der Waals surface area (Å²) in [5.74, 6) is 0.795. The van der Waals surface area contributed by atoms with Crippen LogP contribution in [0.15, 0.2) is 0 Å². The molecular formula is C14H32N2. The van der Waals surface area contributed by atoms with Crippen LogP contribution in [0.1, 0.15) is 54.4 Å². The molecule has 0 radical (unpaired) electrons. The van der Waals surface area contributed by atoms with E-state index in [1.54, 1.807) is 0 Å². The molecular weight excluding hydrogens is 196 g/mol. The van der Waals surface area contributed by atoms with Gasteiger partial charge in [0.1, 0.15) is 0 Å². The first-order chi connectivity index (χ1) is 7.39. The molecule has 0 heterocycles. The maximum absolute atomic E-state index is 3.51. The Morgan fingerprint density at radius 3 is 1.88 bits per heavy atom. The van der Waals surface area contributed by atoms with Crippen LogP contribution in [0, 0.1) is 5.92 Å². The Balaban J connectivity index is 4.51. The lowest BCUT2D eigenvalue weighted by Gasteiger charge is -2.43. The van der Waals surface area contributed by atoms with Crippen molar-refractivity contribution >= 4 is 0 Å². The molecule has 1 N–H and O–H groups in total. The van der Waals surface area contributed by atoms with Crippen LogP contribution in [-0.2, 0) is 0 Å². The largest absolute Gasteiger partial charge is 0.315 e. The maximum Gasteiger partial charge on any atom is 0.0305 e. The monoisotopic (exact) mass is 228 g/mol. The van der Waals surface area contributed by atoms with Crippen molar-refractivity contribution in [3.63, 3.8) is 0 Å².